The van der Waals surface area contributed by atoms with E-state index in [1.165, 1.54) is 23.5 Å². The van der Waals surface area contributed by atoms with Crippen LogP contribution in [-0.2, 0) is 17.6 Å². The number of carbonyl (C=O) groups excluding carboxylic acids is 2. The van der Waals surface area contributed by atoms with Crippen LogP contribution in [0.4, 0.5) is 0 Å². The van der Waals surface area contributed by atoms with E-state index in [0.717, 1.165) is 19.3 Å². The summed E-state index contributed by atoms with van der Waals surface area (Å²) in [7, 11) is 0. The Morgan fingerprint density at radius 1 is 1.13 bits per heavy atom. The summed E-state index contributed by atoms with van der Waals surface area (Å²) in [6.45, 7) is 3.36. The van der Waals surface area contributed by atoms with Crippen molar-refractivity contribution in [2.24, 2.45) is 0 Å². The average molecular weight is 310 g/mol. The number of fused-ring (bicyclic) bond motifs is 1. The molecule has 0 saturated carbocycles. The first kappa shape index (κ1) is 15.3. The smallest absolute Gasteiger partial charge is 0.359 e. The molecule has 0 saturated heterocycles. The Bertz CT molecular complexity index is 753. The zero-order chi connectivity index (χ0) is 16.4. The van der Waals surface area contributed by atoms with E-state index in [9.17, 15) is 9.59 Å². The molecule has 0 radical (unpaired) electrons. The van der Waals surface area contributed by atoms with Crippen molar-refractivity contribution in [2.75, 3.05) is 0 Å². The zero-order valence-electron chi connectivity index (χ0n) is 13.2. The molecule has 5 heteroatoms. The van der Waals surface area contributed by atoms with Crippen LogP contribution in [0, 0.1) is 6.92 Å². The van der Waals surface area contributed by atoms with Crippen molar-refractivity contribution in [1.82, 2.24) is 9.97 Å². The van der Waals surface area contributed by atoms with Crippen molar-refractivity contribution in [2.45, 2.75) is 39.2 Å². The molecule has 1 aliphatic carbocycles. The number of Topliss-reactive ketones (excluding diaryl/α,β-unsaturated/α-hetero) is 1. The van der Waals surface area contributed by atoms with Gasteiger partial charge in [-0.15, -0.1) is 0 Å². The highest BCUT2D eigenvalue weighted by molar-refractivity contribution is 6.01. The van der Waals surface area contributed by atoms with E-state index in [0.29, 0.717) is 11.3 Å². The summed E-state index contributed by atoms with van der Waals surface area (Å²) in [5.41, 5.74) is 3.92. The third kappa shape index (κ3) is 3.28. The van der Waals surface area contributed by atoms with E-state index >= 15 is 0 Å². The van der Waals surface area contributed by atoms with Crippen LogP contribution in [0.25, 0.3) is 0 Å². The van der Waals surface area contributed by atoms with Gasteiger partial charge in [0, 0.05) is 11.8 Å². The van der Waals surface area contributed by atoms with Gasteiger partial charge in [-0.3, -0.25) is 9.78 Å². The molecule has 1 heterocycles. The van der Waals surface area contributed by atoms with Crippen LogP contribution in [-0.4, -0.2) is 27.8 Å². The standard InChI is InChI=1S/C18H18N2O3/c1-11-9-20-16(10-19-11)18(22)23-12(2)17(21)15-7-6-13-4-3-5-14(13)8-15/h6-10,12H,3-5H2,1-2H3/t12-/m0/s1. The lowest BCUT2D eigenvalue weighted by atomic mass is 10.0. The molecule has 1 atom stereocenters. The third-order valence-corrected chi connectivity index (χ3v) is 4.03. The van der Waals surface area contributed by atoms with E-state index in [1.807, 2.05) is 18.2 Å². The topological polar surface area (TPSA) is 69.2 Å². The number of rotatable bonds is 4. The molecule has 0 unspecified atom stereocenters. The SMILES string of the molecule is Cc1cnc(C(=O)O[C@@H](C)C(=O)c2ccc3c(c2)CCC3)cn1. The van der Waals surface area contributed by atoms with Crippen LogP contribution in [0.2, 0.25) is 0 Å². The van der Waals surface area contributed by atoms with Crippen LogP contribution >= 0.6 is 0 Å². The average Bonchev–Trinajstić information content (AvgIpc) is 3.02. The van der Waals surface area contributed by atoms with Gasteiger partial charge in [-0.2, -0.15) is 0 Å². The summed E-state index contributed by atoms with van der Waals surface area (Å²) in [4.78, 5) is 32.4. The number of carbonyl (C=O) groups is 2. The Morgan fingerprint density at radius 2 is 1.91 bits per heavy atom. The molecule has 0 fully saturated rings. The van der Waals surface area contributed by atoms with Gasteiger partial charge in [-0.05, 0) is 50.3 Å². The maximum Gasteiger partial charge on any atom is 0.359 e. The summed E-state index contributed by atoms with van der Waals surface area (Å²) in [6, 6.07) is 5.72. The van der Waals surface area contributed by atoms with Crippen molar-refractivity contribution < 1.29 is 14.3 Å². The predicted molar refractivity (Wildman–Crippen MR) is 84.4 cm³/mol. The first-order valence-electron chi connectivity index (χ1n) is 7.70. The van der Waals surface area contributed by atoms with Crippen LogP contribution in [0.3, 0.4) is 0 Å². The highest BCUT2D eigenvalue weighted by Crippen LogP contribution is 2.23. The monoisotopic (exact) mass is 310 g/mol. The number of ether oxygens (including phenoxy) is 1. The Labute approximate surface area is 134 Å². The molecule has 0 aliphatic heterocycles. The van der Waals surface area contributed by atoms with Crippen LogP contribution in [0.15, 0.2) is 30.6 Å². The highest BCUT2D eigenvalue weighted by atomic mass is 16.5. The molecule has 1 aromatic heterocycles. The van der Waals surface area contributed by atoms with Crippen LogP contribution in [0.5, 0.6) is 0 Å². The van der Waals surface area contributed by atoms with E-state index in [4.69, 9.17) is 4.74 Å². The second-order valence-corrected chi connectivity index (χ2v) is 5.79. The van der Waals surface area contributed by atoms with Gasteiger partial charge in [0.1, 0.15) is 0 Å². The highest BCUT2D eigenvalue weighted by Gasteiger charge is 2.22. The molecule has 3 rings (SSSR count). The molecule has 2 aromatic rings. The fraction of sp³-hybridized carbons (Fsp3) is 0.333. The lowest BCUT2D eigenvalue weighted by molar-refractivity contribution is 0.0312. The Morgan fingerprint density at radius 3 is 2.65 bits per heavy atom. The molecule has 23 heavy (non-hydrogen) atoms. The number of ketones is 1. The minimum Gasteiger partial charge on any atom is -0.449 e. The molecule has 1 aliphatic rings. The maximum atomic E-state index is 12.5. The Hall–Kier alpha value is -2.56. The first-order valence-corrected chi connectivity index (χ1v) is 7.70. The van der Waals surface area contributed by atoms with Crippen LogP contribution in [0.1, 0.15) is 51.0 Å². The molecular formula is C18H18N2O3. The maximum absolute atomic E-state index is 12.5. The van der Waals surface area contributed by atoms with Crippen molar-refractivity contribution in [3.63, 3.8) is 0 Å². The zero-order valence-corrected chi connectivity index (χ0v) is 13.2. The number of hydrogen-bond acceptors (Lipinski definition) is 5. The summed E-state index contributed by atoms with van der Waals surface area (Å²) < 4.78 is 5.22. The predicted octanol–water partition coefficient (Wildman–Crippen LogP) is 2.70. The van der Waals surface area contributed by atoms with E-state index in [2.05, 4.69) is 9.97 Å². The van der Waals surface area contributed by atoms with E-state index < -0.39 is 12.1 Å². The fourth-order valence-corrected chi connectivity index (χ4v) is 2.73. The minimum absolute atomic E-state index is 0.101. The summed E-state index contributed by atoms with van der Waals surface area (Å²) in [5, 5.41) is 0. The Kier molecular flexibility index (Phi) is 4.19. The van der Waals surface area contributed by atoms with Crippen molar-refractivity contribution >= 4 is 11.8 Å². The molecule has 1 aromatic carbocycles. The number of nitrogens with zero attached hydrogens (tertiary/aromatic N) is 2. The van der Waals surface area contributed by atoms with Gasteiger partial charge in [0.05, 0.1) is 11.9 Å². The van der Waals surface area contributed by atoms with E-state index in [-0.39, 0.29) is 11.5 Å². The number of aromatic nitrogens is 2. The largest absolute Gasteiger partial charge is 0.449 e. The summed E-state index contributed by atoms with van der Waals surface area (Å²) in [5.74, 6) is -0.840. The van der Waals surface area contributed by atoms with Gasteiger partial charge in [-0.1, -0.05) is 12.1 Å². The minimum atomic E-state index is -0.856. The Balaban J connectivity index is 1.70. The van der Waals surface area contributed by atoms with Gasteiger partial charge >= 0.3 is 5.97 Å². The van der Waals surface area contributed by atoms with Gasteiger partial charge in [0.2, 0.25) is 5.78 Å². The van der Waals surface area contributed by atoms with Gasteiger partial charge in [0.15, 0.2) is 11.8 Å². The lowest BCUT2D eigenvalue weighted by Gasteiger charge is -2.12. The molecule has 0 spiro atoms. The van der Waals surface area contributed by atoms with Crippen molar-refractivity contribution in [3.8, 4) is 0 Å². The molecule has 5 nitrogen and oxygen atoms in total. The van der Waals surface area contributed by atoms with Gasteiger partial charge in [-0.25, -0.2) is 9.78 Å². The second kappa shape index (κ2) is 6.28. The number of esters is 1. The second-order valence-electron chi connectivity index (χ2n) is 5.79. The quantitative estimate of drug-likeness (QED) is 0.641. The van der Waals surface area contributed by atoms with Crippen LogP contribution < -0.4 is 0 Å². The first-order chi connectivity index (χ1) is 11.0. The molecule has 118 valence electrons. The van der Waals surface area contributed by atoms with E-state index in [1.54, 1.807) is 13.8 Å². The third-order valence-electron chi connectivity index (χ3n) is 4.03. The number of aryl methyl sites for hydroxylation is 3. The summed E-state index contributed by atoms with van der Waals surface area (Å²) in [6.07, 6.45) is 5.19. The molecule has 0 bridgehead atoms. The number of hydrogen-bond donors (Lipinski definition) is 0. The molecular weight excluding hydrogens is 292 g/mol. The normalized spacial score (nSPS) is 14.2. The van der Waals surface area contributed by atoms with Crippen molar-refractivity contribution in [1.29, 1.82) is 0 Å². The summed E-state index contributed by atoms with van der Waals surface area (Å²) >= 11 is 0. The molecule has 0 amide bonds. The van der Waals surface area contributed by atoms with Gasteiger partial charge in [0.25, 0.3) is 0 Å². The van der Waals surface area contributed by atoms with Crippen molar-refractivity contribution in [3.05, 3.63) is 58.7 Å². The fourth-order valence-electron chi connectivity index (χ4n) is 2.73. The lowest BCUT2D eigenvalue weighted by Crippen LogP contribution is -2.25. The number of benzene rings is 1. The van der Waals surface area contributed by atoms with Gasteiger partial charge < -0.3 is 4.74 Å². The molecule has 0 N–H and O–H groups in total.